The van der Waals surface area contributed by atoms with E-state index in [1.54, 1.807) is 26.0 Å². The average Bonchev–Trinajstić information content (AvgIpc) is 2.70. The fourth-order valence-corrected chi connectivity index (χ4v) is 4.06. The third-order valence-electron chi connectivity index (χ3n) is 4.40. The van der Waals surface area contributed by atoms with Crippen molar-refractivity contribution in [2.45, 2.75) is 24.8 Å². The Hall–Kier alpha value is -2.69. The molecule has 9 nitrogen and oxygen atoms in total. The van der Waals surface area contributed by atoms with Gasteiger partial charge in [-0.3, -0.25) is 14.9 Å². The van der Waals surface area contributed by atoms with Gasteiger partial charge in [0.2, 0.25) is 10.0 Å². The first-order valence-corrected chi connectivity index (χ1v) is 10.9. The topological polar surface area (TPSA) is 122 Å². The van der Waals surface area contributed by atoms with Crippen molar-refractivity contribution in [2.75, 3.05) is 25.5 Å². The average molecular weight is 455 g/mol. The Bertz CT molecular complexity index is 1030. The molecule has 30 heavy (non-hydrogen) atoms. The Morgan fingerprint density at radius 3 is 2.37 bits per heavy atom. The van der Waals surface area contributed by atoms with Gasteiger partial charge in [0.05, 0.1) is 20.4 Å². The molecule has 0 heterocycles. The lowest BCUT2D eigenvalue weighted by Gasteiger charge is -2.21. The quantitative estimate of drug-likeness (QED) is 0.341. The summed E-state index contributed by atoms with van der Waals surface area (Å²) < 4.78 is 26.5. The van der Waals surface area contributed by atoms with Crippen molar-refractivity contribution >= 4 is 38.9 Å². The van der Waals surface area contributed by atoms with E-state index in [0.717, 1.165) is 0 Å². The molecule has 0 bridgehead atoms. The van der Waals surface area contributed by atoms with Gasteiger partial charge in [-0.1, -0.05) is 11.6 Å². The molecule has 2 aromatic rings. The fraction of sp³-hybridized carbons (Fsp3) is 0.316. The number of hydrogen-bond donors (Lipinski definition) is 2. The van der Waals surface area contributed by atoms with E-state index in [9.17, 15) is 23.3 Å². The highest BCUT2D eigenvalue weighted by Gasteiger charge is 2.25. The van der Waals surface area contributed by atoms with E-state index in [2.05, 4.69) is 10.6 Å². The van der Waals surface area contributed by atoms with Crippen molar-refractivity contribution in [3.05, 3.63) is 63.2 Å². The summed E-state index contributed by atoms with van der Waals surface area (Å²) in [5.41, 5.74) is 0.712. The van der Waals surface area contributed by atoms with Crippen LogP contribution in [0.2, 0.25) is 5.02 Å². The number of anilines is 1. The fourth-order valence-electron chi connectivity index (χ4n) is 2.46. The summed E-state index contributed by atoms with van der Waals surface area (Å²) in [5, 5.41) is 16.5. The van der Waals surface area contributed by atoms with Crippen LogP contribution in [-0.2, 0) is 10.0 Å². The summed E-state index contributed by atoms with van der Waals surface area (Å²) >= 11 is 6.09. The van der Waals surface area contributed by atoms with E-state index in [-0.39, 0.29) is 33.8 Å². The Labute approximate surface area is 180 Å². The van der Waals surface area contributed by atoms with Crippen molar-refractivity contribution in [2.24, 2.45) is 0 Å². The Balaban J connectivity index is 2.00. The smallest absolute Gasteiger partial charge is 0.269 e. The molecular formula is C19H23ClN4O5S. The zero-order chi connectivity index (χ0) is 22.5. The molecule has 2 rings (SSSR count). The van der Waals surface area contributed by atoms with Crippen LogP contribution in [0.3, 0.4) is 0 Å². The van der Waals surface area contributed by atoms with Gasteiger partial charge in [0.15, 0.2) is 0 Å². The number of halogens is 1. The molecule has 0 saturated carbocycles. The van der Waals surface area contributed by atoms with Gasteiger partial charge in [-0.25, -0.2) is 8.42 Å². The lowest BCUT2D eigenvalue weighted by atomic mass is 10.2. The van der Waals surface area contributed by atoms with Crippen LogP contribution in [0.15, 0.2) is 47.4 Å². The van der Waals surface area contributed by atoms with Crippen molar-refractivity contribution in [1.82, 2.24) is 9.62 Å². The second-order valence-electron chi connectivity index (χ2n) is 6.74. The molecule has 0 aliphatic carbocycles. The van der Waals surface area contributed by atoms with Gasteiger partial charge in [0, 0.05) is 44.0 Å². The van der Waals surface area contributed by atoms with Crippen molar-refractivity contribution < 1.29 is 18.1 Å². The molecule has 0 atom stereocenters. The highest BCUT2D eigenvalue weighted by molar-refractivity contribution is 7.89. The van der Waals surface area contributed by atoms with E-state index in [1.165, 1.54) is 41.7 Å². The molecule has 0 unspecified atom stereocenters. The van der Waals surface area contributed by atoms with Gasteiger partial charge >= 0.3 is 0 Å². The maximum Gasteiger partial charge on any atom is 0.269 e. The highest BCUT2D eigenvalue weighted by Crippen LogP contribution is 2.23. The van der Waals surface area contributed by atoms with E-state index < -0.39 is 20.9 Å². The van der Waals surface area contributed by atoms with Crippen LogP contribution in [0.5, 0.6) is 0 Å². The largest absolute Gasteiger partial charge is 0.383 e. The van der Waals surface area contributed by atoms with E-state index in [1.807, 2.05) is 0 Å². The summed E-state index contributed by atoms with van der Waals surface area (Å²) in [5.74, 6) is -0.505. The van der Waals surface area contributed by atoms with Gasteiger partial charge in [0.25, 0.3) is 11.6 Å². The monoisotopic (exact) mass is 454 g/mol. The third-order valence-corrected chi connectivity index (χ3v) is 6.76. The second-order valence-corrected chi connectivity index (χ2v) is 9.15. The minimum absolute atomic E-state index is 0.0126. The van der Waals surface area contributed by atoms with Crippen LogP contribution >= 0.6 is 11.6 Å². The maximum absolute atomic E-state index is 12.6. The molecule has 0 fully saturated rings. The lowest BCUT2D eigenvalue weighted by Crippen LogP contribution is -2.33. The first-order valence-electron chi connectivity index (χ1n) is 9.08. The highest BCUT2D eigenvalue weighted by atomic mass is 35.5. The minimum atomic E-state index is -3.75. The van der Waals surface area contributed by atoms with E-state index in [0.29, 0.717) is 12.2 Å². The molecule has 0 aliphatic heterocycles. The normalized spacial score (nSPS) is 11.5. The van der Waals surface area contributed by atoms with Gasteiger partial charge in [-0.15, -0.1) is 0 Å². The van der Waals surface area contributed by atoms with Gasteiger partial charge < -0.3 is 10.6 Å². The number of rotatable bonds is 9. The minimum Gasteiger partial charge on any atom is -0.383 e. The zero-order valence-electron chi connectivity index (χ0n) is 16.8. The number of hydrogen-bond acceptors (Lipinski definition) is 6. The molecule has 11 heteroatoms. The summed E-state index contributed by atoms with van der Waals surface area (Å²) in [7, 11) is -2.28. The Kier molecular flexibility index (Phi) is 7.77. The number of nitro benzene ring substituents is 1. The number of nitro groups is 1. The second kappa shape index (κ2) is 9.88. The predicted molar refractivity (Wildman–Crippen MR) is 115 cm³/mol. The SMILES string of the molecule is CC(C)N(C)S(=O)(=O)c1ccc(Cl)c(C(=O)NCCNc2ccc([N+](=O)[O-])cc2)c1. The number of carbonyl (C=O) groups is 1. The van der Waals surface area contributed by atoms with Crippen LogP contribution in [0.1, 0.15) is 24.2 Å². The number of benzene rings is 2. The number of sulfonamides is 1. The molecular weight excluding hydrogens is 432 g/mol. The summed E-state index contributed by atoms with van der Waals surface area (Å²) in [6.07, 6.45) is 0. The third kappa shape index (κ3) is 5.68. The van der Waals surface area contributed by atoms with Gasteiger partial charge in [0.1, 0.15) is 0 Å². The molecule has 0 saturated heterocycles. The molecule has 162 valence electrons. The number of carbonyl (C=O) groups excluding carboxylic acids is 1. The van der Waals surface area contributed by atoms with Crippen LogP contribution in [0, 0.1) is 10.1 Å². The van der Waals surface area contributed by atoms with Crippen LogP contribution in [-0.4, -0.2) is 49.7 Å². The molecule has 2 N–H and O–H groups in total. The number of nitrogens with one attached hydrogen (secondary N) is 2. The van der Waals surface area contributed by atoms with E-state index >= 15 is 0 Å². The molecule has 0 radical (unpaired) electrons. The molecule has 0 spiro atoms. The Morgan fingerprint density at radius 1 is 1.17 bits per heavy atom. The maximum atomic E-state index is 12.6. The number of nitrogens with zero attached hydrogens (tertiary/aromatic N) is 2. The number of amides is 1. The summed E-state index contributed by atoms with van der Waals surface area (Å²) in [6.45, 7) is 4.09. The van der Waals surface area contributed by atoms with Crippen molar-refractivity contribution in [3.8, 4) is 0 Å². The molecule has 2 aromatic carbocycles. The van der Waals surface area contributed by atoms with Crippen LogP contribution in [0.4, 0.5) is 11.4 Å². The van der Waals surface area contributed by atoms with Crippen LogP contribution in [0.25, 0.3) is 0 Å². The lowest BCUT2D eigenvalue weighted by molar-refractivity contribution is -0.384. The van der Waals surface area contributed by atoms with Gasteiger partial charge in [-0.05, 0) is 44.2 Å². The molecule has 0 aromatic heterocycles. The molecule has 1 amide bonds. The van der Waals surface area contributed by atoms with Gasteiger partial charge in [-0.2, -0.15) is 4.31 Å². The van der Waals surface area contributed by atoms with E-state index in [4.69, 9.17) is 11.6 Å². The number of non-ortho nitro benzene ring substituents is 1. The zero-order valence-corrected chi connectivity index (χ0v) is 18.3. The Morgan fingerprint density at radius 2 is 1.80 bits per heavy atom. The van der Waals surface area contributed by atoms with Crippen molar-refractivity contribution in [3.63, 3.8) is 0 Å². The first kappa shape index (κ1) is 23.6. The predicted octanol–water partition coefficient (Wildman–Crippen LogP) is 3.12. The standard InChI is InChI=1S/C19H23ClN4O5S/c1-13(2)23(3)30(28,29)16-8-9-18(20)17(12-16)19(25)22-11-10-21-14-4-6-15(7-5-14)24(26)27/h4-9,12-13,21H,10-11H2,1-3H3,(H,22,25). The summed E-state index contributed by atoms with van der Waals surface area (Å²) in [6, 6.07) is 9.65. The molecule has 0 aliphatic rings. The summed E-state index contributed by atoms with van der Waals surface area (Å²) in [4.78, 5) is 22.6. The first-order chi connectivity index (χ1) is 14.0. The van der Waals surface area contributed by atoms with Crippen LogP contribution < -0.4 is 10.6 Å². The van der Waals surface area contributed by atoms with Crippen molar-refractivity contribution in [1.29, 1.82) is 0 Å².